The maximum absolute atomic E-state index is 12.4. The number of nitrogens with zero attached hydrogens (tertiary/aromatic N) is 2. The summed E-state index contributed by atoms with van der Waals surface area (Å²) in [5.74, 6) is 0. The largest absolute Gasteiger partial charge is 0.417 e. The maximum atomic E-state index is 12.4. The Labute approximate surface area is 118 Å². The lowest BCUT2D eigenvalue weighted by Gasteiger charge is -2.07. The van der Waals surface area contributed by atoms with Crippen molar-refractivity contribution in [3.8, 4) is 0 Å². The number of hydrogen-bond acceptors (Lipinski definition) is 4. The van der Waals surface area contributed by atoms with Crippen LogP contribution in [0, 0.1) is 0 Å². The number of pyridine rings is 2. The van der Waals surface area contributed by atoms with Crippen molar-refractivity contribution in [2.75, 3.05) is 0 Å². The zero-order valence-corrected chi connectivity index (χ0v) is 11.4. The van der Waals surface area contributed by atoms with Crippen LogP contribution in [0.25, 0.3) is 0 Å². The molecule has 0 saturated carbocycles. The van der Waals surface area contributed by atoms with Crippen LogP contribution in [0.4, 0.5) is 13.2 Å². The second kappa shape index (κ2) is 5.80. The quantitative estimate of drug-likeness (QED) is 0.939. The molecule has 0 saturated heterocycles. The van der Waals surface area contributed by atoms with Gasteiger partial charge >= 0.3 is 6.18 Å². The van der Waals surface area contributed by atoms with Crippen molar-refractivity contribution in [1.29, 1.82) is 0 Å². The van der Waals surface area contributed by atoms with E-state index in [-0.39, 0.29) is 6.04 Å². The molecule has 2 heterocycles. The Hall–Kier alpha value is -1.60. The van der Waals surface area contributed by atoms with E-state index in [1.165, 1.54) is 17.8 Å². The van der Waals surface area contributed by atoms with Crippen LogP contribution >= 0.6 is 11.8 Å². The summed E-state index contributed by atoms with van der Waals surface area (Å²) in [6, 6.07) is 5.80. The summed E-state index contributed by atoms with van der Waals surface area (Å²) in [5, 5.41) is 0.480. The summed E-state index contributed by atoms with van der Waals surface area (Å²) in [6.07, 6.45) is -1.91. The van der Waals surface area contributed by atoms with E-state index in [4.69, 9.17) is 5.73 Å². The van der Waals surface area contributed by atoms with Gasteiger partial charge in [-0.1, -0.05) is 11.8 Å². The molecule has 2 aromatic rings. The maximum Gasteiger partial charge on any atom is 0.417 e. The third-order valence-electron chi connectivity index (χ3n) is 2.51. The number of aromatic nitrogens is 2. The monoisotopic (exact) mass is 299 g/mol. The number of nitrogens with two attached hydrogens (primary N) is 1. The topological polar surface area (TPSA) is 51.8 Å². The Balaban J connectivity index is 2.10. The first-order valence-electron chi connectivity index (χ1n) is 5.79. The summed E-state index contributed by atoms with van der Waals surface area (Å²) < 4.78 is 37.2. The van der Waals surface area contributed by atoms with Gasteiger partial charge in [0.15, 0.2) is 0 Å². The van der Waals surface area contributed by atoms with E-state index in [1.807, 2.05) is 13.0 Å². The summed E-state index contributed by atoms with van der Waals surface area (Å²) in [7, 11) is 0. The molecule has 0 aliphatic heterocycles. The molecule has 0 unspecified atom stereocenters. The minimum absolute atomic E-state index is 0.154. The molecular formula is C13H12F3N3S. The molecule has 20 heavy (non-hydrogen) atoms. The van der Waals surface area contributed by atoms with Crippen molar-refractivity contribution < 1.29 is 13.2 Å². The lowest BCUT2D eigenvalue weighted by molar-refractivity contribution is -0.137. The van der Waals surface area contributed by atoms with Gasteiger partial charge in [0.2, 0.25) is 0 Å². The molecule has 106 valence electrons. The van der Waals surface area contributed by atoms with Gasteiger partial charge < -0.3 is 5.73 Å². The Bertz CT molecular complexity index is 565. The molecule has 2 aromatic heterocycles. The van der Waals surface area contributed by atoms with Gasteiger partial charge in [0.05, 0.1) is 11.3 Å². The number of rotatable bonds is 3. The Kier molecular flexibility index (Phi) is 4.29. The van der Waals surface area contributed by atoms with Gasteiger partial charge in [0.25, 0.3) is 0 Å². The van der Waals surface area contributed by atoms with E-state index < -0.39 is 11.7 Å². The Morgan fingerprint density at radius 1 is 1.10 bits per heavy atom. The third kappa shape index (κ3) is 3.71. The lowest BCUT2D eigenvalue weighted by atomic mass is 10.2. The standard InChI is InChI=1S/C13H12F3N3S/c1-8(17)11-4-3-10(7-18-11)20-12-5-2-9(6-19-12)13(14,15)16/h2-8H,17H2,1H3/t8-/m1/s1. The molecule has 3 nitrogen and oxygen atoms in total. The first kappa shape index (κ1) is 14.8. The predicted octanol–water partition coefficient (Wildman–Crippen LogP) is 3.67. The first-order valence-corrected chi connectivity index (χ1v) is 6.60. The lowest BCUT2D eigenvalue weighted by Crippen LogP contribution is -2.06. The van der Waals surface area contributed by atoms with Crippen LogP contribution in [-0.2, 0) is 6.18 Å². The average molecular weight is 299 g/mol. The van der Waals surface area contributed by atoms with Crippen molar-refractivity contribution in [3.05, 3.63) is 47.9 Å². The van der Waals surface area contributed by atoms with Crippen LogP contribution in [0.15, 0.2) is 46.6 Å². The minimum atomic E-state index is -4.36. The van der Waals surface area contributed by atoms with E-state index in [0.29, 0.717) is 5.03 Å². The van der Waals surface area contributed by atoms with Gasteiger partial charge in [-0.15, -0.1) is 0 Å². The molecule has 1 atom stereocenters. The fourth-order valence-electron chi connectivity index (χ4n) is 1.45. The average Bonchev–Trinajstić information content (AvgIpc) is 2.39. The molecule has 2 rings (SSSR count). The van der Waals surface area contributed by atoms with Crippen LogP contribution in [0.1, 0.15) is 24.2 Å². The van der Waals surface area contributed by atoms with Crippen LogP contribution in [0.3, 0.4) is 0 Å². The molecule has 0 radical (unpaired) electrons. The molecular weight excluding hydrogens is 287 g/mol. The zero-order chi connectivity index (χ0) is 14.8. The van der Waals surface area contributed by atoms with E-state index in [1.54, 1.807) is 12.3 Å². The fraction of sp³-hybridized carbons (Fsp3) is 0.231. The van der Waals surface area contributed by atoms with Gasteiger partial charge in [-0.05, 0) is 31.2 Å². The van der Waals surface area contributed by atoms with Crippen molar-refractivity contribution in [2.45, 2.75) is 29.1 Å². The Morgan fingerprint density at radius 3 is 2.30 bits per heavy atom. The number of alkyl halides is 3. The summed E-state index contributed by atoms with van der Waals surface area (Å²) in [4.78, 5) is 8.76. The number of halogens is 3. The Morgan fingerprint density at radius 2 is 1.85 bits per heavy atom. The molecule has 7 heteroatoms. The van der Waals surface area contributed by atoms with Gasteiger partial charge in [0, 0.05) is 23.3 Å². The van der Waals surface area contributed by atoms with Crippen LogP contribution in [0.2, 0.25) is 0 Å². The molecule has 0 spiro atoms. The van der Waals surface area contributed by atoms with Crippen LogP contribution in [0.5, 0.6) is 0 Å². The van der Waals surface area contributed by atoms with Gasteiger partial charge in [0.1, 0.15) is 5.03 Å². The van der Waals surface area contributed by atoms with Crippen molar-refractivity contribution >= 4 is 11.8 Å². The molecule has 0 aliphatic rings. The normalized spacial score (nSPS) is 13.2. The fourth-order valence-corrected chi connectivity index (χ4v) is 2.18. The summed E-state index contributed by atoms with van der Waals surface area (Å²) in [5.41, 5.74) is 5.69. The van der Waals surface area contributed by atoms with Crippen molar-refractivity contribution in [2.24, 2.45) is 5.73 Å². The minimum Gasteiger partial charge on any atom is -0.323 e. The van der Waals surface area contributed by atoms with Crippen molar-refractivity contribution in [1.82, 2.24) is 9.97 Å². The molecule has 0 bridgehead atoms. The highest BCUT2D eigenvalue weighted by atomic mass is 32.2. The third-order valence-corrected chi connectivity index (χ3v) is 3.44. The van der Waals surface area contributed by atoms with Crippen molar-refractivity contribution in [3.63, 3.8) is 0 Å². The highest BCUT2D eigenvalue weighted by Gasteiger charge is 2.30. The molecule has 2 N–H and O–H groups in total. The second-order valence-electron chi connectivity index (χ2n) is 4.19. The second-order valence-corrected chi connectivity index (χ2v) is 5.29. The molecule has 0 amide bonds. The van der Waals surface area contributed by atoms with E-state index >= 15 is 0 Å². The van der Waals surface area contributed by atoms with Gasteiger partial charge in [-0.25, -0.2) is 4.98 Å². The highest BCUT2D eigenvalue weighted by Crippen LogP contribution is 2.31. The predicted molar refractivity (Wildman–Crippen MR) is 70.2 cm³/mol. The number of hydrogen-bond donors (Lipinski definition) is 1. The van der Waals surface area contributed by atoms with E-state index in [9.17, 15) is 13.2 Å². The SMILES string of the molecule is C[C@@H](N)c1ccc(Sc2ccc(C(F)(F)F)cn2)cn1. The molecule has 0 fully saturated rings. The van der Waals surface area contributed by atoms with Crippen LogP contribution in [-0.4, -0.2) is 9.97 Å². The highest BCUT2D eigenvalue weighted by molar-refractivity contribution is 7.99. The summed E-state index contributed by atoms with van der Waals surface area (Å²) in [6.45, 7) is 1.83. The smallest absolute Gasteiger partial charge is 0.323 e. The van der Waals surface area contributed by atoms with Gasteiger partial charge in [-0.3, -0.25) is 4.98 Å². The first-order chi connectivity index (χ1) is 9.36. The van der Waals surface area contributed by atoms with E-state index in [2.05, 4.69) is 9.97 Å². The van der Waals surface area contributed by atoms with Gasteiger partial charge in [-0.2, -0.15) is 13.2 Å². The van der Waals surface area contributed by atoms with Crippen LogP contribution < -0.4 is 5.73 Å². The zero-order valence-electron chi connectivity index (χ0n) is 10.6. The van der Waals surface area contributed by atoms with E-state index in [0.717, 1.165) is 22.9 Å². The summed E-state index contributed by atoms with van der Waals surface area (Å²) >= 11 is 1.25. The molecule has 0 aliphatic carbocycles. The molecule has 0 aromatic carbocycles.